The van der Waals surface area contributed by atoms with Crippen molar-refractivity contribution in [2.45, 2.75) is 6.10 Å². The largest absolute Gasteiger partial charge is 0.394 e. The Balaban J connectivity index is 0.000000187. The number of para-hydroxylation sites is 1. The number of benzene rings is 1. The highest BCUT2D eigenvalue weighted by Gasteiger charge is 1.93. The van der Waals surface area contributed by atoms with Crippen molar-refractivity contribution in [3.8, 4) is 0 Å². The van der Waals surface area contributed by atoms with E-state index in [2.05, 4.69) is 17.1 Å². The highest BCUT2D eigenvalue weighted by molar-refractivity contribution is 5.77. The zero-order chi connectivity index (χ0) is 11.8. The summed E-state index contributed by atoms with van der Waals surface area (Å²) in [4.78, 5) is 4.18. The molecule has 2 aromatic rings. The van der Waals surface area contributed by atoms with Gasteiger partial charge in [0, 0.05) is 11.6 Å². The predicted octanol–water partition coefficient (Wildman–Crippen LogP) is 0.567. The SMILES string of the molecule is OCC(O)CO.c1ccc2ncccc2c1. The van der Waals surface area contributed by atoms with E-state index >= 15 is 0 Å². The smallest absolute Gasteiger partial charge is 0.100 e. The summed E-state index contributed by atoms with van der Waals surface area (Å²) in [6.07, 6.45) is 0.854. The van der Waals surface area contributed by atoms with Crippen molar-refractivity contribution in [1.29, 1.82) is 0 Å². The van der Waals surface area contributed by atoms with Crippen LogP contribution in [0.5, 0.6) is 0 Å². The molecule has 1 aromatic heterocycles. The molecule has 1 aromatic carbocycles. The molecule has 16 heavy (non-hydrogen) atoms. The first-order chi connectivity index (χ1) is 7.77. The Morgan fingerprint density at radius 3 is 2.19 bits per heavy atom. The van der Waals surface area contributed by atoms with Gasteiger partial charge in [-0.25, -0.2) is 0 Å². The van der Waals surface area contributed by atoms with Crippen molar-refractivity contribution < 1.29 is 15.3 Å². The third-order valence-electron chi connectivity index (χ3n) is 1.93. The van der Waals surface area contributed by atoms with E-state index in [-0.39, 0.29) is 13.2 Å². The van der Waals surface area contributed by atoms with E-state index < -0.39 is 6.10 Å². The summed E-state index contributed by atoms with van der Waals surface area (Å²) >= 11 is 0. The number of nitrogens with zero attached hydrogens (tertiary/aromatic N) is 1. The zero-order valence-corrected chi connectivity index (χ0v) is 8.82. The number of rotatable bonds is 2. The lowest BCUT2D eigenvalue weighted by atomic mass is 10.2. The second-order valence-corrected chi connectivity index (χ2v) is 3.22. The number of aliphatic hydroxyl groups excluding tert-OH is 3. The van der Waals surface area contributed by atoms with Gasteiger partial charge in [-0.15, -0.1) is 0 Å². The van der Waals surface area contributed by atoms with Crippen molar-refractivity contribution >= 4 is 10.9 Å². The summed E-state index contributed by atoms with van der Waals surface area (Å²) in [5.74, 6) is 0. The molecule has 0 spiro atoms. The van der Waals surface area contributed by atoms with Crippen LogP contribution in [0.25, 0.3) is 10.9 Å². The lowest BCUT2D eigenvalue weighted by Gasteiger charge is -1.96. The van der Waals surface area contributed by atoms with Crippen LogP contribution >= 0.6 is 0 Å². The van der Waals surface area contributed by atoms with E-state index in [0.29, 0.717) is 0 Å². The molecule has 4 heteroatoms. The maximum absolute atomic E-state index is 8.17. The van der Waals surface area contributed by atoms with Crippen molar-refractivity contribution in [2.24, 2.45) is 0 Å². The summed E-state index contributed by atoms with van der Waals surface area (Å²) in [5.41, 5.74) is 1.06. The average Bonchev–Trinajstić information content (AvgIpc) is 2.38. The molecule has 2 rings (SSSR count). The highest BCUT2D eigenvalue weighted by Crippen LogP contribution is 2.07. The predicted molar refractivity (Wildman–Crippen MR) is 61.9 cm³/mol. The molecule has 0 unspecified atom stereocenters. The zero-order valence-electron chi connectivity index (χ0n) is 8.82. The van der Waals surface area contributed by atoms with Gasteiger partial charge in [0.05, 0.1) is 18.7 Å². The Bertz CT molecular complexity index is 350. The molecule has 0 saturated heterocycles. The number of aliphatic hydroxyl groups is 3. The first kappa shape index (κ1) is 12.6. The Kier molecular flexibility index (Phi) is 5.42. The Hall–Kier alpha value is -1.49. The molecular weight excluding hydrogens is 206 g/mol. The van der Waals surface area contributed by atoms with Gasteiger partial charge in [-0.1, -0.05) is 24.3 Å². The van der Waals surface area contributed by atoms with Crippen LogP contribution in [0.2, 0.25) is 0 Å². The molecular formula is C12H15NO3. The van der Waals surface area contributed by atoms with E-state index in [1.807, 2.05) is 30.5 Å². The summed E-state index contributed by atoms with van der Waals surface area (Å²) in [6, 6.07) is 12.1. The van der Waals surface area contributed by atoms with Gasteiger partial charge >= 0.3 is 0 Å². The molecule has 0 atom stereocenters. The molecule has 0 radical (unpaired) electrons. The fraction of sp³-hybridized carbons (Fsp3) is 0.250. The van der Waals surface area contributed by atoms with Crippen LogP contribution in [0.3, 0.4) is 0 Å². The topological polar surface area (TPSA) is 73.6 Å². The average molecular weight is 221 g/mol. The van der Waals surface area contributed by atoms with Gasteiger partial charge in [-0.05, 0) is 12.1 Å². The maximum atomic E-state index is 8.17. The van der Waals surface area contributed by atoms with E-state index in [0.717, 1.165) is 5.52 Å². The molecule has 3 N–H and O–H groups in total. The Labute approximate surface area is 93.8 Å². The third kappa shape index (κ3) is 3.94. The third-order valence-corrected chi connectivity index (χ3v) is 1.93. The van der Waals surface area contributed by atoms with Crippen LogP contribution in [-0.2, 0) is 0 Å². The number of pyridine rings is 1. The minimum Gasteiger partial charge on any atom is -0.394 e. The van der Waals surface area contributed by atoms with Crippen LogP contribution in [0.4, 0.5) is 0 Å². The van der Waals surface area contributed by atoms with Crippen LogP contribution in [0.1, 0.15) is 0 Å². The maximum Gasteiger partial charge on any atom is 0.100 e. The van der Waals surface area contributed by atoms with Gasteiger partial charge in [0.25, 0.3) is 0 Å². The molecule has 86 valence electrons. The quantitative estimate of drug-likeness (QED) is 0.693. The molecule has 0 fully saturated rings. The van der Waals surface area contributed by atoms with Gasteiger partial charge in [0.15, 0.2) is 0 Å². The van der Waals surface area contributed by atoms with E-state index in [4.69, 9.17) is 15.3 Å². The van der Waals surface area contributed by atoms with Gasteiger partial charge in [-0.2, -0.15) is 0 Å². The number of fused-ring (bicyclic) bond motifs is 1. The van der Waals surface area contributed by atoms with Gasteiger partial charge in [0.1, 0.15) is 6.10 Å². The fourth-order valence-electron chi connectivity index (χ4n) is 1.07. The van der Waals surface area contributed by atoms with Crippen LogP contribution < -0.4 is 0 Å². The molecule has 0 aliphatic heterocycles. The minimum atomic E-state index is -0.954. The second-order valence-electron chi connectivity index (χ2n) is 3.22. The van der Waals surface area contributed by atoms with Gasteiger partial charge in [-0.3, -0.25) is 4.98 Å². The van der Waals surface area contributed by atoms with Crippen LogP contribution in [0, 0.1) is 0 Å². The van der Waals surface area contributed by atoms with Crippen molar-refractivity contribution in [3.63, 3.8) is 0 Å². The van der Waals surface area contributed by atoms with E-state index in [9.17, 15) is 0 Å². The summed E-state index contributed by atoms with van der Waals surface area (Å²) in [6.45, 7) is -0.729. The number of hydrogen-bond donors (Lipinski definition) is 3. The first-order valence-corrected chi connectivity index (χ1v) is 4.97. The highest BCUT2D eigenvalue weighted by atomic mass is 16.3. The molecule has 0 amide bonds. The Morgan fingerprint density at radius 2 is 1.62 bits per heavy atom. The Morgan fingerprint density at radius 1 is 1.00 bits per heavy atom. The summed E-state index contributed by atoms with van der Waals surface area (Å²) in [5, 5.41) is 25.2. The minimum absolute atomic E-state index is 0.365. The lowest BCUT2D eigenvalue weighted by molar-refractivity contribution is 0.0450. The summed E-state index contributed by atoms with van der Waals surface area (Å²) < 4.78 is 0. The molecule has 0 aliphatic rings. The molecule has 0 aliphatic carbocycles. The van der Waals surface area contributed by atoms with E-state index in [1.165, 1.54) is 5.39 Å². The standard InChI is InChI=1S/C9H7N.C3H8O3/c1-2-6-9-8(4-1)5-3-7-10-9;4-1-3(6)2-5/h1-7H;3-6H,1-2H2. The first-order valence-electron chi connectivity index (χ1n) is 4.97. The summed E-state index contributed by atoms with van der Waals surface area (Å²) in [7, 11) is 0. The van der Waals surface area contributed by atoms with Crippen molar-refractivity contribution in [3.05, 3.63) is 42.6 Å². The molecule has 1 heterocycles. The van der Waals surface area contributed by atoms with E-state index in [1.54, 1.807) is 0 Å². The van der Waals surface area contributed by atoms with Gasteiger partial charge < -0.3 is 15.3 Å². The number of hydrogen-bond acceptors (Lipinski definition) is 4. The monoisotopic (exact) mass is 221 g/mol. The van der Waals surface area contributed by atoms with Gasteiger partial charge in [0.2, 0.25) is 0 Å². The van der Waals surface area contributed by atoms with Crippen molar-refractivity contribution in [1.82, 2.24) is 4.98 Å². The molecule has 0 saturated carbocycles. The molecule has 4 nitrogen and oxygen atoms in total. The van der Waals surface area contributed by atoms with Crippen LogP contribution in [-0.4, -0.2) is 39.6 Å². The van der Waals surface area contributed by atoms with Crippen molar-refractivity contribution in [2.75, 3.05) is 13.2 Å². The normalized spacial score (nSPS) is 10.0. The molecule has 0 bridgehead atoms. The van der Waals surface area contributed by atoms with Crippen LogP contribution in [0.15, 0.2) is 42.6 Å². The number of aromatic nitrogens is 1. The fourth-order valence-corrected chi connectivity index (χ4v) is 1.07. The second kappa shape index (κ2) is 6.90. The lowest BCUT2D eigenvalue weighted by Crippen LogP contribution is -2.15.